The average Bonchev–Trinajstić information content (AvgIpc) is 2.25. The number of nitrogens with zero attached hydrogens (tertiary/aromatic N) is 1. The largest absolute Gasteiger partial charge is 0.444 e. The fourth-order valence-electron chi connectivity index (χ4n) is 2.24. The number of likely N-dealkylation sites (tertiary alicyclic amines) is 1. The Hall–Kier alpha value is -0.250. The Bertz CT molecular complexity index is 263. The van der Waals surface area contributed by atoms with Crippen LogP contribution in [0.2, 0.25) is 0 Å². The third kappa shape index (κ3) is 4.49. The van der Waals surface area contributed by atoms with Crippen LogP contribution in [-0.4, -0.2) is 35.0 Å². The van der Waals surface area contributed by atoms with Crippen molar-refractivity contribution >= 4 is 22.0 Å². The fourth-order valence-corrected chi connectivity index (χ4v) is 3.09. The van der Waals surface area contributed by atoms with Gasteiger partial charge in [-0.05, 0) is 39.0 Å². The summed E-state index contributed by atoms with van der Waals surface area (Å²) in [5.41, 5.74) is -0.398. The number of piperidine rings is 1. The highest BCUT2D eigenvalue weighted by atomic mass is 79.9. The van der Waals surface area contributed by atoms with E-state index < -0.39 is 5.60 Å². The maximum absolute atomic E-state index is 12.0. The Morgan fingerprint density at radius 2 is 2.06 bits per heavy atom. The van der Waals surface area contributed by atoms with Crippen molar-refractivity contribution in [2.75, 3.05) is 18.4 Å². The number of amides is 1. The molecule has 0 N–H and O–H groups in total. The van der Waals surface area contributed by atoms with Crippen molar-refractivity contribution in [1.29, 1.82) is 0 Å². The minimum Gasteiger partial charge on any atom is -0.444 e. The lowest BCUT2D eigenvalue weighted by molar-refractivity contribution is 0.0115. The molecular formula is C13H24BrNO2. The number of rotatable bonds is 2. The van der Waals surface area contributed by atoms with Crippen LogP contribution >= 0.6 is 15.9 Å². The fraction of sp³-hybridized carbons (Fsp3) is 0.923. The molecule has 17 heavy (non-hydrogen) atoms. The summed E-state index contributed by atoms with van der Waals surface area (Å²) in [7, 11) is 0. The molecule has 1 aliphatic heterocycles. The molecule has 0 aromatic rings. The molecule has 0 aliphatic carbocycles. The molecule has 0 bridgehead atoms. The summed E-state index contributed by atoms with van der Waals surface area (Å²) in [6, 6.07) is 0. The Morgan fingerprint density at radius 1 is 1.41 bits per heavy atom. The Kier molecular flexibility index (Phi) is 5.29. The van der Waals surface area contributed by atoms with E-state index in [1.807, 2.05) is 25.7 Å². The predicted molar refractivity (Wildman–Crippen MR) is 73.5 cm³/mol. The van der Waals surface area contributed by atoms with Crippen LogP contribution in [0.1, 0.15) is 40.5 Å². The first-order valence-corrected chi connectivity index (χ1v) is 7.53. The van der Waals surface area contributed by atoms with Gasteiger partial charge in [0.05, 0.1) is 0 Å². The van der Waals surface area contributed by atoms with E-state index in [9.17, 15) is 4.79 Å². The zero-order chi connectivity index (χ0) is 13.1. The molecule has 0 saturated carbocycles. The van der Waals surface area contributed by atoms with E-state index in [-0.39, 0.29) is 6.09 Å². The van der Waals surface area contributed by atoms with Crippen LogP contribution in [0.25, 0.3) is 0 Å². The summed E-state index contributed by atoms with van der Waals surface area (Å²) in [5.74, 6) is 1.29. The smallest absolute Gasteiger partial charge is 0.410 e. The van der Waals surface area contributed by atoms with Crippen molar-refractivity contribution in [2.24, 2.45) is 11.8 Å². The van der Waals surface area contributed by atoms with Crippen LogP contribution in [0.15, 0.2) is 0 Å². The topological polar surface area (TPSA) is 29.5 Å². The molecule has 1 heterocycles. The summed E-state index contributed by atoms with van der Waals surface area (Å²) in [4.78, 5) is 13.8. The standard InChI is InChI=1S/C13H24BrNO2/c1-5-10-9-15(7-6-11(10)8-14)12(16)17-13(2,3)4/h10-11H,5-9H2,1-4H3/t10-,11-/m0/s1. The number of alkyl halides is 1. The van der Waals surface area contributed by atoms with E-state index in [0.29, 0.717) is 11.8 Å². The van der Waals surface area contributed by atoms with E-state index in [1.54, 1.807) is 0 Å². The quantitative estimate of drug-likeness (QED) is 0.729. The van der Waals surface area contributed by atoms with Crippen molar-refractivity contribution in [3.63, 3.8) is 0 Å². The van der Waals surface area contributed by atoms with Crippen LogP contribution < -0.4 is 0 Å². The lowest BCUT2D eigenvalue weighted by Crippen LogP contribution is -2.46. The number of ether oxygens (including phenoxy) is 1. The molecule has 0 radical (unpaired) electrons. The molecule has 0 unspecified atom stereocenters. The second kappa shape index (κ2) is 6.07. The third-order valence-corrected chi connectivity index (χ3v) is 4.10. The molecule has 0 aromatic heterocycles. The van der Waals surface area contributed by atoms with Crippen LogP contribution in [0.5, 0.6) is 0 Å². The zero-order valence-electron chi connectivity index (χ0n) is 11.3. The van der Waals surface area contributed by atoms with E-state index >= 15 is 0 Å². The second-order valence-electron chi connectivity index (χ2n) is 5.80. The van der Waals surface area contributed by atoms with Crippen molar-refractivity contribution in [3.8, 4) is 0 Å². The van der Waals surface area contributed by atoms with Crippen molar-refractivity contribution in [3.05, 3.63) is 0 Å². The normalized spacial score (nSPS) is 25.8. The highest BCUT2D eigenvalue weighted by Crippen LogP contribution is 2.28. The van der Waals surface area contributed by atoms with Gasteiger partial charge in [0.2, 0.25) is 0 Å². The summed E-state index contributed by atoms with van der Waals surface area (Å²) >= 11 is 3.56. The number of halogens is 1. The minimum atomic E-state index is -0.398. The van der Waals surface area contributed by atoms with Gasteiger partial charge in [-0.15, -0.1) is 0 Å². The van der Waals surface area contributed by atoms with Crippen LogP contribution in [-0.2, 0) is 4.74 Å². The Morgan fingerprint density at radius 3 is 2.53 bits per heavy atom. The lowest BCUT2D eigenvalue weighted by atomic mass is 9.85. The van der Waals surface area contributed by atoms with Gasteiger partial charge < -0.3 is 9.64 Å². The van der Waals surface area contributed by atoms with Crippen molar-refractivity contribution in [2.45, 2.75) is 46.1 Å². The molecule has 100 valence electrons. The molecule has 2 atom stereocenters. The molecule has 0 spiro atoms. The zero-order valence-corrected chi connectivity index (χ0v) is 12.9. The van der Waals surface area contributed by atoms with E-state index in [0.717, 1.165) is 31.3 Å². The third-order valence-electron chi connectivity index (χ3n) is 3.27. The first kappa shape index (κ1) is 14.8. The van der Waals surface area contributed by atoms with E-state index in [1.165, 1.54) is 0 Å². The van der Waals surface area contributed by atoms with Gasteiger partial charge in [-0.25, -0.2) is 4.79 Å². The van der Waals surface area contributed by atoms with Crippen molar-refractivity contribution in [1.82, 2.24) is 4.90 Å². The van der Waals surface area contributed by atoms with Gasteiger partial charge in [0.1, 0.15) is 5.60 Å². The van der Waals surface area contributed by atoms with Gasteiger partial charge in [0.15, 0.2) is 0 Å². The first-order valence-electron chi connectivity index (χ1n) is 6.41. The van der Waals surface area contributed by atoms with Gasteiger partial charge in [-0.1, -0.05) is 29.3 Å². The average molecular weight is 306 g/mol. The monoisotopic (exact) mass is 305 g/mol. The molecular weight excluding hydrogens is 282 g/mol. The Labute approximate surface area is 113 Å². The van der Waals surface area contributed by atoms with Gasteiger partial charge in [-0.2, -0.15) is 0 Å². The summed E-state index contributed by atoms with van der Waals surface area (Å²) in [5, 5.41) is 1.04. The summed E-state index contributed by atoms with van der Waals surface area (Å²) in [6.07, 6.45) is 2.03. The van der Waals surface area contributed by atoms with Crippen LogP contribution in [0.4, 0.5) is 4.79 Å². The molecule has 0 aromatic carbocycles. The van der Waals surface area contributed by atoms with Gasteiger partial charge >= 0.3 is 6.09 Å². The van der Waals surface area contributed by atoms with Crippen LogP contribution in [0.3, 0.4) is 0 Å². The van der Waals surface area contributed by atoms with Gasteiger partial charge in [0, 0.05) is 18.4 Å². The molecule has 1 rings (SSSR count). The number of carbonyl (C=O) groups is 1. The van der Waals surface area contributed by atoms with E-state index in [4.69, 9.17) is 4.74 Å². The highest BCUT2D eigenvalue weighted by molar-refractivity contribution is 9.09. The molecule has 1 fully saturated rings. The molecule has 1 saturated heterocycles. The predicted octanol–water partition coefficient (Wildman–Crippen LogP) is 3.66. The lowest BCUT2D eigenvalue weighted by Gasteiger charge is -2.38. The molecule has 1 amide bonds. The molecule has 1 aliphatic rings. The highest BCUT2D eigenvalue weighted by Gasteiger charge is 2.31. The van der Waals surface area contributed by atoms with Gasteiger partial charge in [0.25, 0.3) is 0 Å². The van der Waals surface area contributed by atoms with Gasteiger partial charge in [-0.3, -0.25) is 0 Å². The first-order chi connectivity index (χ1) is 7.87. The maximum Gasteiger partial charge on any atom is 0.410 e. The number of carbonyl (C=O) groups excluding carboxylic acids is 1. The summed E-state index contributed by atoms with van der Waals surface area (Å²) < 4.78 is 5.41. The van der Waals surface area contributed by atoms with E-state index in [2.05, 4.69) is 22.9 Å². The SMILES string of the molecule is CC[C@H]1CN(C(=O)OC(C)(C)C)CC[C@H]1CBr. The minimum absolute atomic E-state index is 0.163. The number of hydrogen-bond acceptors (Lipinski definition) is 2. The maximum atomic E-state index is 12.0. The molecule has 3 nitrogen and oxygen atoms in total. The second-order valence-corrected chi connectivity index (χ2v) is 6.45. The van der Waals surface area contributed by atoms with Crippen LogP contribution in [0, 0.1) is 11.8 Å². The number of hydrogen-bond donors (Lipinski definition) is 0. The van der Waals surface area contributed by atoms with Crippen molar-refractivity contribution < 1.29 is 9.53 Å². The Balaban J connectivity index is 2.54. The summed E-state index contributed by atoms with van der Waals surface area (Å²) in [6.45, 7) is 9.58. The molecule has 4 heteroatoms.